The number of ketones is 1. The second kappa shape index (κ2) is 8.55. The minimum atomic E-state index is -0.665. The highest BCUT2D eigenvalue weighted by Gasteiger charge is 2.46. The van der Waals surface area contributed by atoms with Gasteiger partial charge in [-0.05, 0) is 11.6 Å². The number of amides is 1. The number of aromatic nitrogens is 1. The third kappa shape index (κ3) is 3.92. The van der Waals surface area contributed by atoms with Crippen molar-refractivity contribution in [2.24, 2.45) is 0 Å². The lowest BCUT2D eigenvalue weighted by atomic mass is 9.96. The van der Waals surface area contributed by atoms with Gasteiger partial charge in [-0.15, -0.1) is 0 Å². The molecule has 150 valence electrons. The molecule has 4 rings (SSSR count). The quantitative estimate of drug-likeness (QED) is 0.474. The molecule has 29 heavy (non-hydrogen) atoms. The van der Waals surface area contributed by atoms with E-state index in [9.17, 15) is 14.7 Å². The van der Waals surface area contributed by atoms with Gasteiger partial charge in [0.2, 0.25) is 0 Å². The van der Waals surface area contributed by atoms with Gasteiger partial charge in [0.25, 0.3) is 11.7 Å². The molecule has 2 saturated heterocycles. The second-order valence-corrected chi connectivity index (χ2v) is 7.10. The van der Waals surface area contributed by atoms with Crippen LogP contribution in [0.25, 0.3) is 5.76 Å². The van der Waals surface area contributed by atoms with Crippen LogP contribution in [0.1, 0.15) is 17.2 Å². The minimum Gasteiger partial charge on any atom is -0.507 e. The summed E-state index contributed by atoms with van der Waals surface area (Å²) in [5.41, 5.74) is 1.31. The van der Waals surface area contributed by atoms with Crippen LogP contribution in [0.15, 0.2) is 60.4 Å². The second-order valence-electron chi connectivity index (χ2n) is 7.10. The van der Waals surface area contributed by atoms with Crippen molar-refractivity contribution in [3.05, 3.63) is 71.6 Å². The van der Waals surface area contributed by atoms with Gasteiger partial charge in [-0.1, -0.05) is 36.4 Å². The van der Waals surface area contributed by atoms with Gasteiger partial charge in [0.1, 0.15) is 5.76 Å². The molecule has 7 heteroatoms. The van der Waals surface area contributed by atoms with Gasteiger partial charge in [-0.3, -0.25) is 19.5 Å². The molecule has 1 aromatic heterocycles. The lowest BCUT2D eigenvalue weighted by molar-refractivity contribution is -0.140. The summed E-state index contributed by atoms with van der Waals surface area (Å²) in [6, 6.07) is 11.8. The molecule has 0 bridgehead atoms. The zero-order chi connectivity index (χ0) is 20.2. The van der Waals surface area contributed by atoms with E-state index >= 15 is 0 Å². The summed E-state index contributed by atoms with van der Waals surface area (Å²) in [5.74, 6) is -1.42. The van der Waals surface area contributed by atoms with Crippen LogP contribution in [0.2, 0.25) is 0 Å². The SMILES string of the molecule is O=C1C(=O)N(CCN2CCOCC2)[C@@H](c2cccnc2)C1=C(O)c1ccccc1. The molecule has 1 atom stereocenters. The third-order valence-electron chi connectivity index (χ3n) is 5.35. The number of hydrogen-bond acceptors (Lipinski definition) is 6. The van der Waals surface area contributed by atoms with Gasteiger partial charge in [0.05, 0.1) is 24.8 Å². The maximum absolute atomic E-state index is 12.9. The van der Waals surface area contributed by atoms with Crippen LogP contribution in [-0.2, 0) is 14.3 Å². The van der Waals surface area contributed by atoms with Crippen molar-refractivity contribution in [2.75, 3.05) is 39.4 Å². The number of carbonyl (C=O) groups excluding carboxylic acids is 2. The smallest absolute Gasteiger partial charge is 0.295 e. The number of morpholine rings is 1. The Kier molecular flexibility index (Phi) is 5.69. The Morgan fingerprint density at radius 1 is 1.07 bits per heavy atom. The van der Waals surface area contributed by atoms with E-state index in [4.69, 9.17) is 4.74 Å². The molecular formula is C22H23N3O4. The first-order valence-corrected chi connectivity index (χ1v) is 9.70. The predicted octanol–water partition coefficient (Wildman–Crippen LogP) is 1.84. The van der Waals surface area contributed by atoms with Crippen molar-refractivity contribution in [3.8, 4) is 0 Å². The molecule has 1 aromatic carbocycles. The van der Waals surface area contributed by atoms with Crippen molar-refractivity contribution in [1.82, 2.24) is 14.8 Å². The number of nitrogens with zero attached hydrogens (tertiary/aromatic N) is 3. The summed E-state index contributed by atoms with van der Waals surface area (Å²) in [6.07, 6.45) is 3.27. The number of likely N-dealkylation sites (tertiary alicyclic amines) is 1. The zero-order valence-corrected chi connectivity index (χ0v) is 16.0. The fraction of sp³-hybridized carbons (Fsp3) is 0.318. The number of aliphatic hydroxyl groups excluding tert-OH is 1. The molecular weight excluding hydrogens is 370 g/mol. The van der Waals surface area contributed by atoms with E-state index in [0.29, 0.717) is 37.4 Å². The maximum atomic E-state index is 12.9. The van der Waals surface area contributed by atoms with Gasteiger partial charge < -0.3 is 14.7 Å². The molecule has 3 heterocycles. The van der Waals surface area contributed by atoms with E-state index in [1.165, 1.54) is 0 Å². The number of rotatable bonds is 5. The van der Waals surface area contributed by atoms with Gasteiger partial charge in [0, 0.05) is 44.1 Å². The number of Topliss-reactive ketones (excluding diaryl/α,β-unsaturated/α-hetero) is 1. The van der Waals surface area contributed by atoms with Crippen LogP contribution >= 0.6 is 0 Å². The number of carbonyl (C=O) groups is 2. The summed E-state index contributed by atoms with van der Waals surface area (Å²) in [6.45, 7) is 3.95. The van der Waals surface area contributed by atoms with Crippen LogP contribution in [0.5, 0.6) is 0 Å². The number of benzene rings is 1. The molecule has 1 amide bonds. The van der Waals surface area contributed by atoms with Crippen molar-refractivity contribution in [1.29, 1.82) is 0 Å². The Morgan fingerprint density at radius 3 is 2.52 bits per heavy atom. The van der Waals surface area contributed by atoms with E-state index < -0.39 is 17.7 Å². The minimum absolute atomic E-state index is 0.108. The molecule has 0 saturated carbocycles. The Hall–Kier alpha value is -3.03. The standard InChI is InChI=1S/C22H23N3O4/c26-20(16-5-2-1-3-6-16)18-19(17-7-4-8-23-15-17)25(22(28)21(18)27)10-9-24-11-13-29-14-12-24/h1-8,15,19,26H,9-14H2/t19-/m0/s1. The molecule has 2 aliphatic heterocycles. The van der Waals surface area contributed by atoms with E-state index in [2.05, 4.69) is 9.88 Å². The summed E-state index contributed by atoms with van der Waals surface area (Å²) >= 11 is 0. The first-order chi connectivity index (χ1) is 14.2. The summed E-state index contributed by atoms with van der Waals surface area (Å²) in [5, 5.41) is 10.9. The van der Waals surface area contributed by atoms with Crippen LogP contribution in [0.4, 0.5) is 0 Å². The summed E-state index contributed by atoms with van der Waals surface area (Å²) in [4.78, 5) is 33.7. The number of pyridine rings is 1. The highest BCUT2D eigenvalue weighted by Crippen LogP contribution is 2.38. The Labute approximate surface area is 169 Å². The Balaban J connectivity index is 1.70. The monoisotopic (exact) mass is 393 g/mol. The molecule has 2 aliphatic rings. The first-order valence-electron chi connectivity index (χ1n) is 9.70. The van der Waals surface area contributed by atoms with Crippen molar-refractivity contribution < 1.29 is 19.4 Å². The highest BCUT2D eigenvalue weighted by molar-refractivity contribution is 6.46. The van der Waals surface area contributed by atoms with E-state index in [1.54, 1.807) is 47.6 Å². The van der Waals surface area contributed by atoms with Crippen molar-refractivity contribution >= 4 is 17.4 Å². The Bertz CT molecular complexity index is 908. The molecule has 7 nitrogen and oxygen atoms in total. The fourth-order valence-electron chi connectivity index (χ4n) is 3.82. The average Bonchev–Trinajstić information content (AvgIpc) is 3.04. The normalized spacial score (nSPS) is 22.2. The van der Waals surface area contributed by atoms with E-state index in [1.807, 2.05) is 12.1 Å². The molecule has 2 aromatic rings. The van der Waals surface area contributed by atoms with Crippen molar-refractivity contribution in [3.63, 3.8) is 0 Å². The topological polar surface area (TPSA) is 83.0 Å². The fourth-order valence-corrected chi connectivity index (χ4v) is 3.82. The molecule has 2 fully saturated rings. The predicted molar refractivity (Wildman–Crippen MR) is 107 cm³/mol. The van der Waals surface area contributed by atoms with E-state index in [-0.39, 0.29) is 11.3 Å². The molecule has 0 unspecified atom stereocenters. The molecule has 0 radical (unpaired) electrons. The summed E-state index contributed by atoms with van der Waals surface area (Å²) < 4.78 is 5.37. The Morgan fingerprint density at radius 2 is 1.83 bits per heavy atom. The van der Waals surface area contributed by atoms with Gasteiger partial charge in [0.15, 0.2) is 0 Å². The molecule has 1 N–H and O–H groups in total. The highest BCUT2D eigenvalue weighted by atomic mass is 16.5. The maximum Gasteiger partial charge on any atom is 0.295 e. The first kappa shape index (κ1) is 19.3. The van der Waals surface area contributed by atoms with Gasteiger partial charge >= 0.3 is 0 Å². The average molecular weight is 393 g/mol. The molecule has 0 aliphatic carbocycles. The summed E-state index contributed by atoms with van der Waals surface area (Å²) in [7, 11) is 0. The molecule has 0 spiro atoms. The van der Waals surface area contributed by atoms with Crippen LogP contribution < -0.4 is 0 Å². The van der Waals surface area contributed by atoms with Gasteiger partial charge in [-0.25, -0.2) is 0 Å². The number of hydrogen-bond donors (Lipinski definition) is 1. The largest absolute Gasteiger partial charge is 0.507 e. The van der Waals surface area contributed by atoms with Crippen LogP contribution in [0.3, 0.4) is 0 Å². The van der Waals surface area contributed by atoms with E-state index in [0.717, 1.165) is 13.1 Å². The third-order valence-corrected chi connectivity index (χ3v) is 5.35. The van der Waals surface area contributed by atoms with Crippen LogP contribution in [0, 0.1) is 0 Å². The lowest BCUT2D eigenvalue weighted by Crippen LogP contribution is -2.42. The van der Waals surface area contributed by atoms with Crippen LogP contribution in [-0.4, -0.2) is 71.0 Å². The van der Waals surface area contributed by atoms with Crippen molar-refractivity contribution in [2.45, 2.75) is 6.04 Å². The number of aliphatic hydroxyl groups is 1. The number of ether oxygens (including phenoxy) is 1. The lowest BCUT2D eigenvalue weighted by Gasteiger charge is -2.30. The van der Waals surface area contributed by atoms with Gasteiger partial charge in [-0.2, -0.15) is 0 Å². The zero-order valence-electron chi connectivity index (χ0n) is 16.0.